The summed E-state index contributed by atoms with van der Waals surface area (Å²) in [4.78, 5) is 3.08. The number of piperazine rings is 1. The van der Waals surface area contributed by atoms with Crippen LogP contribution in [-0.4, -0.2) is 37.3 Å². The Bertz CT molecular complexity index is 779. The van der Waals surface area contributed by atoms with Crippen molar-refractivity contribution in [2.45, 2.75) is 10.9 Å². The first kappa shape index (κ1) is 16.0. The topological polar surface area (TPSA) is 62.3 Å². The highest BCUT2D eigenvalue weighted by Crippen LogP contribution is 2.30. The molecule has 23 heavy (non-hydrogen) atoms. The minimum Gasteiger partial charge on any atom is -0.313 e. The van der Waals surface area contributed by atoms with Gasteiger partial charge in [-0.15, -0.1) is 0 Å². The van der Waals surface area contributed by atoms with Gasteiger partial charge >= 0.3 is 0 Å². The van der Waals surface area contributed by atoms with E-state index in [2.05, 4.69) is 10.3 Å². The lowest BCUT2D eigenvalue weighted by molar-refractivity contribution is 0.269. The Labute approximate surface area is 133 Å². The summed E-state index contributed by atoms with van der Waals surface area (Å²) in [6, 6.07) is 5.89. The highest BCUT2D eigenvalue weighted by molar-refractivity contribution is 7.89. The number of aromatic nitrogens is 1. The average molecular weight is 339 g/mol. The fourth-order valence-corrected chi connectivity index (χ4v) is 4.40. The fraction of sp³-hybridized carbons (Fsp3) is 0.267. The first-order valence-electron chi connectivity index (χ1n) is 7.08. The number of rotatable bonds is 3. The van der Waals surface area contributed by atoms with Gasteiger partial charge in [-0.25, -0.2) is 17.2 Å². The van der Waals surface area contributed by atoms with Crippen molar-refractivity contribution in [3.8, 4) is 0 Å². The lowest BCUT2D eigenvalue weighted by Gasteiger charge is -2.35. The van der Waals surface area contributed by atoms with Crippen molar-refractivity contribution in [3.05, 3.63) is 59.9 Å². The summed E-state index contributed by atoms with van der Waals surface area (Å²) in [5.74, 6) is -2.18. The number of benzene rings is 1. The third-order valence-corrected chi connectivity index (χ3v) is 5.71. The number of hydrogen-bond donors (Lipinski definition) is 1. The molecule has 0 bridgehead atoms. The zero-order chi connectivity index (χ0) is 16.4. The lowest BCUT2D eigenvalue weighted by Crippen LogP contribution is -2.48. The Hall–Kier alpha value is -1.90. The van der Waals surface area contributed by atoms with Gasteiger partial charge < -0.3 is 5.32 Å². The molecule has 1 aromatic carbocycles. The number of nitrogens with one attached hydrogen (secondary N) is 1. The smallest absolute Gasteiger partial charge is 0.249 e. The molecule has 1 unspecified atom stereocenters. The second-order valence-corrected chi connectivity index (χ2v) is 7.00. The Balaban J connectivity index is 2.07. The van der Waals surface area contributed by atoms with E-state index in [4.69, 9.17) is 0 Å². The van der Waals surface area contributed by atoms with Gasteiger partial charge in [0.25, 0.3) is 0 Å². The standard InChI is InChI=1S/C15H15F2N3O2S/c16-12-4-1-5-13(17)15(12)23(21,22)20-8-7-19-10-14(20)11-3-2-6-18-9-11/h1-6,9,14,19H,7-8,10H2. The molecule has 1 saturated heterocycles. The van der Waals surface area contributed by atoms with Crippen LogP contribution >= 0.6 is 0 Å². The van der Waals surface area contributed by atoms with Crippen molar-refractivity contribution in [1.82, 2.24) is 14.6 Å². The number of nitrogens with zero attached hydrogens (tertiary/aromatic N) is 2. The number of pyridine rings is 1. The van der Waals surface area contributed by atoms with E-state index in [0.29, 0.717) is 18.7 Å². The Kier molecular flexibility index (Phi) is 4.38. The van der Waals surface area contributed by atoms with Crippen LogP contribution in [0.4, 0.5) is 8.78 Å². The number of hydrogen-bond acceptors (Lipinski definition) is 4. The van der Waals surface area contributed by atoms with E-state index >= 15 is 0 Å². The van der Waals surface area contributed by atoms with Gasteiger partial charge in [-0.05, 0) is 23.8 Å². The van der Waals surface area contributed by atoms with Crippen LogP contribution in [0.25, 0.3) is 0 Å². The van der Waals surface area contributed by atoms with Gasteiger partial charge in [0, 0.05) is 32.0 Å². The maximum Gasteiger partial charge on any atom is 0.249 e. The van der Waals surface area contributed by atoms with Crippen molar-refractivity contribution in [2.75, 3.05) is 19.6 Å². The van der Waals surface area contributed by atoms with Gasteiger partial charge in [0.2, 0.25) is 10.0 Å². The van der Waals surface area contributed by atoms with Crippen molar-refractivity contribution in [2.24, 2.45) is 0 Å². The fourth-order valence-electron chi connectivity index (χ4n) is 2.68. The van der Waals surface area contributed by atoms with Crippen LogP contribution in [0.1, 0.15) is 11.6 Å². The third kappa shape index (κ3) is 2.97. The largest absolute Gasteiger partial charge is 0.313 e. The summed E-state index contributed by atoms with van der Waals surface area (Å²) >= 11 is 0. The molecule has 3 rings (SSSR count). The predicted molar refractivity (Wildman–Crippen MR) is 80.1 cm³/mol. The van der Waals surface area contributed by atoms with Crippen molar-refractivity contribution < 1.29 is 17.2 Å². The van der Waals surface area contributed by atoms with Crippen LogP contribution in [0.15, 0.2) is 47.6 Å². The minimum atomic E-state index is -4.31. The molecule has 1 aliphatic rings. The maximum atomic E-state index is 14.0. The number of halogens is 2. The quantitative estimate of drug-likeness (QED) is 0.924. The Morgan fingerprint density at radius 3 is 2.57 bits per heavy atom. The summed E-state index contributed by atoms with van der Waals surface area (Å²) < 4.78 is 54.7. The van der Waals surface area contributed by atoms with E-state index in [1.165, 1.54) is 0 Å². The molecule has 0 amide bonds. The van der Waals surface area contributed by atoms with E-state index in [1.807, 2.05) is 0 Å². The molecule has 5 nitrogen and oxygen atoms in total. The average Bonchev–Trinajstić information content (AvgIpc) is 2.55. The lowest BCUT2D eigenvalue weighted by atomic mass is 10.1. The molecule has 2 heterocycles. The molecular weight excluding hydrogens is 324 g/mol. The molecule has 122 valence electrons. The van der Waals surface area contributed by atoms with Gasteiger partial charge in [-0.2, -0.15) is 4.31 Å². The van der Waals surface area contributed by atoms with Gasteiger partial charge in [0.15, 0.2) is 4.90 Å². The van der Waals surface area contributed by atoms with Crippen LogP contribution in [0.5, 0.6) is 0 Å². The Morgan fingerprint density at radius 2 is 1.91 bits per heavy atom. The zero-order valence-corrected chi connectivity index (χ0v) is 12.9. The van der Waals surface area contributed by atoms with Crippen molar-refractivity contribution in [3.63, 3.8) is 0 Å². The molecule has 1 atom stereocenters. The second kappa shape index (κ2) is 6.31. The maximum absolute atomic E-state index is 14.0. The van der Waals surface area contributed by atoms with Gasteiger partial charge in [-0.1, -0.05) is 12.1 Å². The van der Waals surface area contributed by atoms with Crippen LogP contribution in [0.3, 0.4) is 0 Å². The van der Waals surface area contributed by atoms with Crippen molar-refractivity contribution >= 4 is 10.0 Å². The number of sulfonamides is 1. The highest BCUT2D eigenvalue weighted by atomic mass is 32.2. The van der Waals surface area contributed by atoms with E-state index in [-0.39, 0.29) is 6.54 Å². The van der Waals surface area contributed by atoms with Crippen LogP contribution < -0.4 is 5.32 Å². The first-order chi connectivity index (χ1) is 11.0. The molecule has 2 aromatic rings. The molecule has 0 spiro atoms. The summed E-state index contributed by atoms with van der Waals surface area (Å²) in [5, 5.41) is 3.09. The van der Waals surface area contributed by atoms with Gasteiger partial charge in [0.05, 0.1) is 6.04 Å². The molecule has 0 saturated carbocycles. The first-order valence-corrected chi connectivity index (χ1v) is 8.52. The predicted octanol–water partition coefficient (Wildman–Crippen LogP) is 1.70. The van der Waals surface area contributed by atoms with Crippen LogP contribution in [0.2, 0.25) is 0 Å². The van der Waals surface area contributed by atoms with E-state index in [0.717, 1.165) is 22.5 Å². The summed E-state index contributed by atoms with van der Waals surface area (Å²) in [7, 11) is -4.31. The molecule has 1 aromatic heterocycles. The minimum absolute atomic E-state index is 0.121. The molecule has 0 radical (unpaired) electrons. The second-order valence-electron chi connectivity index (χ2n) is 5.17. The highest BCUT2D eigenvalue weighted by Gasteiger charge is 2.37. The van der Waals surface area contributed by atoms with E-state index in [1.54, 1.807) is 24.5 Å². The Morgan fingerprint density at radius 1 is 1.17 bits per heavy atom. The molecular formula is C15H15F2N3O2S. The molecule has 1 aliphatic heterocycles. The molecule has 1 fully saturated rings. The zero-order valence-electron chi connectivity index (χ0n) is 12.1. The van der Waals surface area contributed by atoms with E-state index in [9.17, 15) is 17.2 Å². The summed E-state index contributed by atoms with van der Waals surface area (Å²) in [6.07, 6.45) is 3.13. The molecule has 1 N–H and O–H groups in total. The summed E-state index contributed by atoms with van der Waals surface area (Å²) in [6.45, 7) is 0.878. The third-order valence-electron chi connectivity index (χ3n) is 3.75. The molecule has 0 aliphatic carbocycles. The summed E-state index contributed by atoms with van der Waals surface area (Å²) in [5.41, 5.74) is 0.667. The van der Waals surface area contributed by atoms with Gasteiger partial charge in [-0.3, -0.25) is 4.98 Å². The van der Waals surface area contributed by atoms with Crippen LogP contribution in [-0.2, 0) is 10.0 Å². The van der Waals surface area contributed by atoms with E-state index < -0.39 is 32.6 Å². The monoisotopic (exact) mass is 339 g/mol. The SMILES string of the molecule is O=S(=O)(c1c(F)cccc1F)N1CCNCC1c1cccnc1. The van der Waals surface area contributed by atoms with Crippen LogP contribution in [0, 0.1) is 11.6 Å². The molecule has 8 heteroatoms. The van der Waals surface area contributed by atoms with Crippen molar-refractivity contribution in [1.29, 1.82) is 0 Å². The van der Waals surface area contributed by atoms with Gasteiger partial charge in [0.1, 0.15) is 11.6 Å². The normalized spacial score (nSPS) is 19.7.